The number of carbonyl (C=O) groups excluding carboxylic acids is 2. The van der Waals surface area contributed by atoms with Gasteiger partial charge in [-0.05, 0) is 54.7 Å². The predicted molar refractivity (Wildman–Crippen MR) is 133 cm³/mol. The summed E-state index contributed by atoms with van der Waals surface area (Å²) in [6.07, 6.45) is 6.71. The Hall–Kier alpha value is -3.08. The van der Waals surface area contributed by atoms with Gasteiger partial charge in [0.15, 0.2) is 0 Å². The van der Waals surface area contributed by atoms with E-state index in [1.807, 2.05) is 68.5 Å². The van der Waals surface area contributed by atoms with Crippen molar-refractivity contribution in [3.8, 4) is 11.1 Å². The van der Waals surface area contributed by atoms with Crippen molar-refractivity contribution >= 4 is 23.8 Å². The number of anilines is 1. The summed E-state index contributed by atoms with van der Waals surface area (Å²) in [6, 6.07) is 15.9. The Morgan fingerprint density at radius 1 is 0.969 bits per heavy atom. The number of hydrogen-bond donors (Lipinski definition) is 1. The van der Waals surface area contributed by atoms with Crippen molar-refractivity contribution in [3.05, 3.63) is 59.7 Å². The molecule has 0 radical (unpaired) electrons. The largest absolute Gasteiger partial charge is 0.463 e. The summed E-state index contributed by atoms with van der Waals surface area (Å²) in [5.41, 5.74) is 4.57. The molecule has 0 aliphatic rings. The lowest BCUT2D eigenvalue weighted by Gasteiger charge is -2.19. The first-order chi connectivity index (χ1) is 15.5. The quantitative estimate of drug-likeness (QED) is 0.251. The minimum absolute atomic E-state index is 0.0962. The summed E-state index contributed by atoms with van der Waals surface area (Å²) >= 11 is 0. The van der Waals surface area contributed by atoms with E-state index < -0.39 is 0 Å². The van der Waals surface area contributed by atoms with Crippen LogP contribution in [-0.4, -0.2) is 32.2 Å². The average molecular weight is 437 g/mol. The van der Waals surface area contributed by atoms with Gasteiger partial charge in [-0.3, -0.25) is 4.90 Å². The summed E-state index contributed by atoms with van der Waals surface area (Å²) in [5.74, 6) is -0.248. The second kappa shape index (κ2) is 13.4. The van der Waals surface area contributed by atoms with Crippen LogP contribution in [0.15, 0.2) is 54.1 Å². The molecule has 0 bridgehead atoms. The smallest absolute Gasteiger partial charge is 0.334 e. The normalized spacial score (nSPS) is 11.2. The second-order valence-corrected chi connectivity index (χ2v) is 7.81. The van der Waals surface area contributed by atoms with Gasteiger partial charge in [0.05, 0.1) is 6.61 Å². The van der Waals surface area contributed by atoms with E-state index in [-0.39, 0.29) is 12.0 Å². The predicted octanol–water partition coefficient (Wildman–Crippen LogP) is 6.44. The zero-order chi connectivity index (χ0) is 23.3. The third-order valence-corrected chi connectivity index (χ3v) is 5.24. The van der Waals surface area contributed by atoms with Crippen LogP contribution in [0.5, 0.6) is 0 Å². The molecular formula is C27H36N2O3. The van der Waals surface area contributed by atoms with Gasteiger partial charge in [-0.2, -0.15) is 0 Å². The Bertz CT molecular complexity index is 903. The Morgan fingerprint density at radius 3 is 2.38 bits per heavy atom. The topological polar surface area (TPSA) is 58.6 Å². The fourth-order valence-corrected chi connectivity index (χ4v) is 3.40. The molecule has 0 heterocycles. The Balaban J connectivity index is 2.13. The molecule has 0 spiro atoms. The molecule has 0 fully saturated rings. The van der Waals surface area contributed by atoms with Gasteiger partial charge in [-0.25, -0.2) is 9.59 Å². The van der Waals surface area contributed by atoms with Gasteiger partial charge in [-0.15, -0.1) is 0 Å². The molecule has 0 atom stereocenters. The lowest BCUT2D eigenvalue weighted by molar-refractivity contribution is -0.138. The summed E-state index contributed by atoms with van der Waals surface area (Å²) in [6.45, 7) is 7.08. The molecular weight excluding hydrogens is 400 g/mol. The molecule has 0 saturated carbocycles. The van der Waals surface area contributed by atoms with Gasteiger partial charge in [0.2, 0.25) is 0 Å². The maximum absolute atomic E-state index is 12.4. The Labute approximate surface area is 192 Å². The fraction of sp³-hybridized carbons (Fsp3) is 0.407. The molecule has 0 aromatic heterocycles. The van der Waals surface area contributed by atoms with Crippen LogP contribution in [-0.2, 0) is 9.53 Å². The third-order valence-electron chi connectivity index (χ3n) is 5.24. The zero-order valence-corrected chi connectivity index (χ0v) is 19.8. The van der Waals surface area contributed by atoms with Gasteiger partial charge in [0.25, 0.3) is 0 Å². The number of carbonyl (C=O) groups is 2. The molecule has 0 unspecified atom stereocenters. The van der Waals surface area contributed by atoms with Crippen molar-refractivity contribution in [1.82, 2.24) is 5.32 Å². The summed E-state index contributed by atoms with van der Waals surface area (Å²) < 4.78 is 5.17. The molecule has 0 saturated heterocycles. The van der Waals surface area contributed by atoms with E-state index in [2.05, 4.69) is 12.2 Å². The molecule has 5 nitrogen and oxygen atoms in total. The molecule has 1 N–H and O–H groups in total. The van der Waals surface area contributed by atoms with E-state index in [4.69, 9.17) is 4.74 Å². The van der Waals surface area contributed by atoms with E-state index in [0.717, 1.165) is 48.1 Å². The number of urea groups is 1. The number of esters is 1. The van der Waals surface area contributed by atoms with Crippen molar-refractivity contribution in [2.75, 3.05) is 25.1 Å². The van der Waals surface area contributed by atoms with Crippen LogP contribution in [0, 0.1) is 0 Å². The molecule has 2 aromatic rings. The minimum atomic E-state index is -0.248. The first kappa shape index (κ1) is 25.2. The second-order valence-electron chi connectivity index (χ2n) is 7.81. The molecule has 32 heavy (non-hydrogen) atoms. The maximum Gasteiger partial charge on any atom is 0.334 e. The van der Waals surface area contributed by atoms with Gasteiger partial charge >= 0.3 is 12.0 Å². The van der Waals surface area contributed by atoms with Gasteiger partial charge in [-0.1, -0.05) is 69.5 Å². The van der Waals surface area contributed by atoms with Crippen LogP contribution in [0.3, 0.4) is 0 Å². The number of unbranched alkanes of at least 4 members (excludes halogenated alkanes) is 2. The molecule has 172 valence electrons. The van der Waals surface area contributed by atoms with Crippen LogP contribution >= 0.6 is 0 Å². The number of nitrogens with one attached hydrogen (secondary N) is 1. The van der Waals surface area contributed by atoms with Crippen molar-refractivity contribution in [1.29, 1.82) is 0 Å². The number of hydrogen-bond acceptors (Lipinski definition) is 3. The first-order valence-electron chi connectivity index (χ1n) is 11.6. The highest BCUT2D eigenvalue weighted by Gasteiger charge is 2.12. The van der Waals surface area contributed by atoms with Crippen LogP contribution in [0.2, 0.25) is 0 Å². The van der Waals surface area contributed by atoms with E-state index in [9.17, 15) is 9.59 Å². The molecule has 2 amide bonds. The number of benzene rings is 2. The van der Waals surface area contributed by atoms with E-state index in [1.54, 1.807) is 11.9 Å². The minimum Gasteiger partial charge on any atom is -0.463 e. The number of amides is 2. The first-order valence-corrected chi connectivity index (χ1v) is 11.6. The van der Waals surface area contributed by atoms with Crippen LogP contribution < -0.4 is 10.2 Å². The van der Waals surface area contributed by atoms with Gasteiger partial charge in [0, 0.05) is 24.9 Å². The molecule has 2 rings (SSSR count). The molecule has 5 heteroatoms. The highest BCUT2D eigenvalue weighted by molar-refractivity contribution is 5.94. The summed E-state index contributed by atoms with van der Waals surface area (Å²) in [7, 11) is 1.78. The summed E-state index contributed by atoms with van der Waals surface area (Å²) in [4.78, 5) is 26.2. The van der Waals surface area contributed by atoms with Crippen molar-refractivity contribution in [2.24, 2.45) is 0 Å². The lowest BCUT2D eigenvalue weighted by Crippen LogP contribution is -2.37. The zero-order valence-electron chi connectivity index (χ0n) is 19.8. The van der Waals surface area contributed by atoms with Crippen molar-refractivity contribution in [3.63, 3.8) is 0 Å². The van der Waals surface area contributed by atoms with Crippen molar-refractivity contribution < 1.29 is 14.3 Å². The molecule has 2 aromatic carbocycles. The van der Waals surface area contributed by atoms with Gasteiger partial charge in [0.1, 0.15) is 0 Å². The highest BCUT2D eigenvalue weighted by atomic mass is 16.5. The SMILES string of the molecule is CCCCCNC(=O)N(C)c1cccc(-c2ccc(C=C(CCC)C(=O)OCC)cc2)c1. The molecule has 0 aliphatic heterocycles. The number of ether oxygens (including phenoxy) is 1. The standard InChI is InChI=1S/C27H36N2O3/c1-5-8-9-18-28-27(31)29(4)25-13-10-12-23(20-25)22-16-14-21(15-17-22)19-24(11-6-2)26(30)32-7-3/h10,12-17,19-20H,5-9,11,18H2,1-4H3,(H,28,31). The lowest BCUT2D eigenvalue weighted by atomic mass is 10.0. The summed E-state index contributed by atoms with van der Waals surface area (Å²) in [5, 5.41) is 2.97. The van der Waals surface area contributed by atoms with Crippen molar-refractivity contribution in [2.45, 2.75) is 52.9 Å². The highest BCUT2D eigenvalue weighted by Crippen LogP contribution is 2.25. The monoisotopic (exact) mass is 436 g/mol. The fourth-order valence-electron chi connectivity index (χ4n) is 3.40. The van der Waals surface area contributed by atoms with Crippen LogP contribution in [0.1, 0.15) is 58.4 Å². The maximum atomic E-state index is 12.4. The third kappa shape index (κ3) is 7.56. The number of rotatable bonds is 11. The average Bonchev–Trinajstić information content (AvgIpc) is 2.81. The number of nitrogens with zero attached hydrogens (tertiary/aromatic N) is 1. The van der Waals surface area contributed by atoms with Crippen LogP contribution in [0.25, 0.3) is 17.2 Å². The Kier molecular flexibility index (Phi) is 10.5. The van der Waals surface area contributed by atoms with E-state index in [0.29, 0.717) is 25.1 Å². The Morgan fingerprint density at radius 2 is 1.72 bits per heavy atom. The van der Waals surface area contributed by atoms with E-state index >= 15 is 0 Å². The molecule has 0 aliphatic carbocycles. The van der Waals surface area contributed by atoms with E-state index in [1.165, 1.54) is 0 Å². The van der Waals surface area contributed by atoms with Gasteiger partial charge < -0.3 is 10.1 Å². The van der Waals surface area contributed by atoms with Crippen LogP contribution in [0.4, 0.5) is 10.5 Å².